The van der Waals surface area contributed by atoms with Crippen molar-refractivity contribution in [1.82, 2.24) is 5.32 Å². The molecule has 1 rings (SSSR count). The van der Waals surface area contributed by atoms with Crippen molar-refractivity contribution in [3.63, 3.8) is 0 Å². The normalized spacial score (nSPS) is 16.3. The van der Waals surface area contributed by atoms with E-state index in [1.165, 1.54) is 6.07 Å². The van der Waals surface area contributed by atoms with Crippen LogP contribution in [0.2, 0.25) is 0 Å². The molecule has 2 unspecified atom stereocenters. The van der Waals surface area contributed by atoms with Gasteiger partial charge in [-0.15, -0.1) is 0 Å². The molecular weight excluding hydrogens is 240 g/mol. The van der Waals surface area contributed by atoms with Gasteiger partial charge < -0.3 is 15.5 Å². The van der Waals surface area contributed by atoms with Crippen LogP contribution >= 0.6 is 0 Å². The smallest absolute Gasteiger partial charge is 0.131 e. The minimum absolute atomic E-state index is 0.0250. The Morgan fingerprint density at radius 2 is 1.89 bits per heavy atom. The molecule has 18 heavy (non-hydrogen) atoms. The number of rotatable bonds is 6. The van der Waals surface area contributed by atoms with Crippen LogP contribution in [0.4, 0.5) is 8.78 Å². The van der Waals surface area contributed by atoms with E-state index in [2.05, 4.69) is 5.32 Å². The molecule has 2 atom stereocenters. The average Bonchev–Trinajstić information content (AvgIpc) is 2.36. The summed E-state index contributed by atoms with van der Waals surface area (Å²) < 4.78 is 26.8. The van der Waals surface area contributed by atoms with Gasteiger partial charge in [-0.05, 0) is 25.5 Å². The maximum atomic E-state index is 13.4. The van der Waals surface area contributed by atoms with E-state index >= 15 is 0 Å². The van der Waals surface area contributed by atoms with Gasteiger partial charge in [-0.2, -0.15) is 0 Å². The van der Waals surface area contributed by atoms with E-state index in [4.69, 9.17) is 0 Å². The molecule has 0 saturated carbocycles. The molecule has 0 aliphatic heterocycles. The fourth-order valence-electron chi connectivity index (χ4n) is 1.57. The van der Waals surface area contributed by atoms with Gasteiger partial charge in [0.1, 0.15) is 11.6 Å². The lowest BCUT2D eigenvalue weighted by Gasteiger charge is -2.28. The minimum Gasteiger partial charge on any atom is -0.394 e. The van der Waals surface area contributed by atoms with E-state index in [0.29, 0.717) is 6.42 Å². The molecule has 3 N–H and O–H groups in total. The number of benzene rings is 1. The predicted molar refractivity (Wildman–Crippen MR) is 65.1 cm³/mol. The predicted octanol–water partition coefficient (Wildman–Crippen LogP) is 1.75. The third kappa shape index (κ3) is 3.48. The maximum absolute atomic E-state index is 13.4. The quantitative estimate of drug-likeness (QED) is 0.729. The van der Waals surface area contributed by atoms with Crippen LogP contribution in [0.15, 0.2) is 18.2 Å². The van der Waals surface area contributed by atoms with Crippen LogP contribution in [0.1, 0.15) is 31.9 Å². The van der Waals surface area contributed by atoms with Gasteiger partial charge in [-0.1, -0.05) is 13.0 Å². The first-order chi connectivity index (χ1) is 8.43. The summed E-state index contributed by atoms with van der Waals surface area (Å²) in [7, 11) is 0. The number of aliphatic hydroxyl groups excluding tert-OH is 2. The Hall–Kier alpha value is -1.04. The van der Waals surface area contributed by atoms with Gasteiger partial charge in [0, 0.05) is 12.1 Å². The van der Waals surface area contributed by atoms with Crippen molar-refractivity contribution in [2.45, 2.75) is 31.9 Å². The van der Waals surface area contributed by atoms with Crippen LogP contribution in [0.25, 0.3) is 0 Å². The first kappa shape index (κ1) is 15.0. The van der Waals surface area contributed by atoms with Crippen molar-refractivity contribution in [1.29, 1.82) is 0 Å². The van der Waals surface area contributed by atoms with Gasteiger partial charge in [-0.3, -0.25) is 0 Å². The molecule has 102 valence electrons. The highest BCUT2D eigenvalue weighted by molar-refractivity contribution is 5.22. The van der Waals surface area contributed by atoms with Gasteiger partial charge in [0.15, 0.2) is 0 Å². The molecule has 0 amide bonds. The van der Waals surface area contributed by atoms with Crippen LogP contribution in [0.3, 0.4) is 0 Å². The van der Waals surface area contributed by atoms with Crippen LogP contribution in [0.5, 0.6) is 0 Å². The molecule has 0 bridgehead atoms. The Balaban J connectivity index is 2.74. The van der Waals surface area contributed by atoms with Gasteiger partial charge in [0.05, 0.1) is 18.3 Å². The summed E-state index contributed by atoms with van der Waals surface area (Å²) in [5, 5.41) is 21.9. The monoisotopic (exact) mass is 259 g/mol. The molecule has 1 aromatic rings. The number of nitrogens with one attached hydrogen (secondary N) is 1. The Kier molecular flexibility index (Phi) is 5.19. The Bertz CT molecular complexity index is 374. The topological polar surface area (TPSA) is 52.5 Å². The fourth-order valence-corrected chi connectivity index (χ4v) is 1.57. The van der Waals surface area contributed by atoms with E-state index in [1.54, 1.807) is 6.92 Å². The second kappa shape index (κ2) is 6.22. The Morgan fingerprint density at radius 3 is 2.33 bits per heavy atom. The summed E-state index contributed by atoms with van der Waals surface area (Å²) in [6.45, 7) is 3.51. The van der Waals surface area contributed by atoms with Gasteiger partial charge in [0.25, 0.3) is 0 Å². The van der Waals surface area contributed by atoms with Crippen LogP contribution < -0.4 is 5.32 Å². The molecular formula is C13H19F2NO2. The number of aliphatic hydroxyl groups is 2. The third-order valence-electron chi connectivity index (χ3n) is 3.18. The summed E-state index contributed by atoms with van der Waals surface area (Å²) in [5.41, 5.74) is -0.913. The zero-order valence-electron chi connectivity index (χ0n) is 10.6. The Labute approximate surface area is 105 Å². The lowest BCUT2D eigenvalue weighted by Crippen LogP contribution is -2.46. The zero-order chi connectivity index (χ0) is 13.8. The summed E-state index contributed by atoms with van der Waals surface area (Å²) in [6.07, 6.45) is -0.653. The first-order valence-corrected chi connectivity index (χ1v) is 5.91. The molecule has 0 radical (unpaired) electrons. The molecule has 1 aromatic carbocycles. The molecule has 3 nitrogen and oxygen atoms in total. The van der Waals surface area contributed by atoms with Gasteiger partial charge in [0.2, 0.25) is 0 Å². The fraction of sp³-hybridized carbons (Fsp3) is 0.538. The van der Waals surface area contributed by atoms with Crippen LogP contribution in [-0.4, -0.2) is 28.9 Å². The number of halogens is 2. The molecule has 0 aliphatic rings. The van der Waals surface area contributed by atoms with Crippen molar-refractivity contribution >= 4 is 0 Å². The zero-order valence-corrected chi connectivity index (χ0v) is 10.6. The maximum Gasteiger partial charge on any atom is 0.131 e. The first-order valence-electron chi connectivity index (χ1n) is 5.91. The highest BCUT2D eigenvalue weighted by Crippen LogP contribution is 2.21. The summed E-state index contributed by atoms with van der Waals surface area (Å²) >= 11 is 0. The lowest BCUT2D eigenvalue weighted by atomic mass is 9.99. The Morgan fingerprint density at radius 1 is 1.33 bits per heavy atom. The standard InChI is InChI=1S/C13H19F2NO2/c1-3-13(2,8-17)16-7-11(18)12-9(14)5-4-6-10(12)15/h4-6,11,16-18H,3,7-8H2,1-2H3. The minimum atomic E-state index is -1.29. The molecule has 0 fully saturated rings. The molecule has 0 heterocycles. The van der Waals surface area contributed by atoms with Crippen molar-refractivity contribution in [2.24, 2.45) is 0 Å². The third-order valence-corrected chi connectivity index (χ3v) is 3.18. The molecule has 0 saturated heterocycles. The number of β-amino-alcohol motifs (C(OH)–C–C–N with tert-alkyl or cyclic N) is 1. The second-order valence-electron chi connectivity index (χ2n) is 4.60. The molecule has 0 aliphatic carbocycles. The molecule has 0 spiro atoms. The van der Waals surface area contributed by atoms with Crippen molar-refractivity contribution in [3.05, 3.63) is 35.4 Å². The highest BCUT2D eigenvalue weighted by atomic mass is 19.1. The second-order valence-corrected chi connectivity index (χ2v) is 4.60. The van der Waals surface area contributed by atoms with Gasteiger partial charge >= 0.3 is 0 Å². The van der Waals surface area contributed by atoms with E-state index in [1.807, 2.05) is 6.92 Å². The van der Waals surface area contributed by atoms with Gasteiger partial charge in [-0.25, -0.2) is 8.78 Å². The molecule has 0 aromatic heterocycles. The highest BCUT2D eigenvalue weighted by Gasteiger charge is 2.24. The molecule has 5 heteroatoms. The van der Waals surface area contributed by atoms with Crippen LogP contribution in [-0.2, 0) is 0 Å². The van der Waals surface area contributed by atoms with Crippen molar-refractivity contribution < 1.29 is 19.0 Å². The average molecular weight is 259 g/mol. The SMILES string of the molecule is CCC(C)(CO)NCC(O)c1c(F)cccc1F. The number of hydrogen-bond acceptors (Lipinski definition) is 3. The number of hydrogen-bond donors (Lipinski definition) is 3. The summed E-state index contributed by atoms with van der Waals surface area (Å²) in [6, 6.07) is 3.46. The lowest BCUT2D eigenvalue weighted by molar-refractivity contribution is 0.122. The van der Waals surface area contributed by atoms with E-state index < -0.39 is 23.3 Å². The van der Waals surface area contributed by atoms with Crippen LogP contribution in [0, 0.1) is 11.6 Å². The van der Waals surface area contributed by atoms with Crippen molar-refractivity contribution in [2.75, 3.05) is 13.2 Å². The van der Waals surface area contributed by atoms with E-state index in [9.17, 15) is 19.0 Å². The van der Waals surface area contributed by atoms with E-state index in [0.717, 1.165) is 12.1 Å². The van der Waals surface area contributed by atoms with Crippen molar-refractivity contribution in [3.8, 4) is 0 Å². The largest absolute Gasteiger partial charge is 0.394 e. The van der Waals surface area contributed by atoms with E-state index in [-0.39, 0.29) is 18.7 Å². The summed E-state index contributed by atoms with van der Waals surface area (Å²) in [4.78, 5) is 0. The summed E-state index contributed by atoms with van der Waals surface area (Å²) in [5.74, 6) is -1.54.